The predicted octanol–water partition coefficient (Wildman–Crippen LogP) is 4.66. The van der Waals surface area contributed by atoms with Crippen LogP contribution in [0.5, 0.6) is 0 Å². The maximum atomic E-state index is 9.58. The van der Waals surface area contributed by atoms with E-state index >= 15 is 0 Å². The summed E-state index contributed by atoms with van der Waals surface area (Å²) in [5.41, 5.74) is 1.94. The number of aliphatic hydroxyl groups is 1. The molecule has 1 aromatic rings. The monoisotopic (exact) mass is 283 g/mol. The maximum Gasteiger partial charge on any atom is 0.0762 e. The minimum Gasteiger partial charge on any atom is -0.389 e. The van der Waals surface area contributed by atoms with Crippen LogP contribution >= 0.6 is 11.6 Å². The molecule has 1 atom stereocenters. The number of halogens is 1. The highest BCUT2D eigenvalue weighted by atomic mass is 35.5. The van der Waals surface area contributed by atoms with Crippen LogP contribution in [-0.4, -0.2) is 18.2 Å². The predicted molar refractivity (Wildman–Crippen MR) is 84.0 cm³/mol. The summed E-state index contributed by atoms with van der Waals surface area (Å²) in [7, 11) is 0. The van der Waals surface area contributed by atoms with Gasteiger partial charge in [-0.05, 0) is 37.5 Å². The molecule has 0 aliphatic rings. The van der Waals surface area contributed by atoms with E-state index < -0.39 is 6.10 Å². The molecule has 0 heterocycles. The zero-order valence-electron chi connectivity index (χ0n) is 12.5. The van der Waals surface area contributed by atoms with E-state index in [1.165, 1.54) is 12.8 Å². The molecule has 0 bridgehead atoms. The molecule has 1 N–H and O–H groups in total. The number of hydrogen-bond donors (Lipinski definition) is 1. The molecule has 0 amide bonds. The first kappa shape index (κ1) is 16.3. The lowest BCUT2D eigenvalue weighted by Gasteiger charge is -2.28. The van der Waals surface area contributed by atoms with Crippen LogP contribution in [0.4, 0.5) is 5.69 Å². The summed E-state index contributed by atoms with van der Waals surface area (Å²) in [4.78, 5) is 2.33. The largest absolute Gasteiger partial charge is 0.389 e. The third-order valence-corrected chi connectivity index (χ3v) is 4.11. The summed E-state index contributed by atoms with van der Waals surface area (Å²) in [6.45, 7) is 10.4. The Balaban J connectivity index is 2.92. The summed E-state index contributed by atoms with van der Waals surface area (Å²) >= 11 is 6.36. The third-order valence-electron chi connectivity index (χ3n) is 3.81. The topological polar surface area (TPSA) is 23.5 Å². The lowest BCUT2D eigenvalue weighted by atomic mass is 10.0. The number of nitrogens with zero attached hydrogens (tertiary/aromatic N) is 1. The molecule has 108 valence electrons. The number of benzene rings is 1. The van der Waals surface area contributed by atoms with Crippen LogP contribution in [0, 0.1) is 5.92 Å². The molecule has 0 spiro atoms. The Hall–Kier alpha value is -0.730. The van der Waals surface area contributed by atoms with Gasteiger partial charge in [0.2, 0.25) is 0 Å². The summed E-state index contributed by atoms with van der Waals surface area (Å²) in [5, 5.41) is 10.3. The van der Waals surface area contributed by atoms with Crippen molar-refractivity contribution in [1.82, 2.24) is 0 Å². The van der Waals surface area contributed by atoms with Gasteiger partial charge < -0.3 is 10.0 Å². The van der Waals surface area contributed by atoms with Crippen molar-refractivity contribution in [3.05, 3.63) is 28.8 Å². The highest BCUT2D eigenvalue weighted by Gasteiger charge is 2.14. The standard InChI is InChI=1S/C16H26ClNO/c1-5-13(6-2)11-18(7-3)16-9-8-14(12(4)19)10-15(16)17/h8-10,12-13,19H,5-7,11H2,1-4H3/t12-/m0/s1. The van der Waals surface area contributed by atoms with Gasteiger partial charge in [0.1, 0.15) is 0 Å². The van der Waals surface area contributed by atoms with Crippen LogP contribution in [0.1, 0.15) is 52.2 Å². The van der Waals surface area contributed by atoms with Crippen LogP contribution in [0.3, 0.4) is 0 Å². The molecular weight excluding hydrogens is 258 g/mol. The first-order valence-electron chi connectivity index (χ1n) is 7.25. The van der Waals surface area contributed by atoms with Gasteiger partial charge in [-0.1, -0.05) is 44.4 Å². The molecule has 3 heteroatoms. The molecule has 0 aromatic heterocycles. The van der Waals surface area contributed by atoms with Gasteiger partial charge in [-0.3, -0.25) is 0 Å². The van der Waals surface area contributed by atoms with Crippen molar-refractivity contribution >= 4 is 17.3 Å². The lowest BCUT2D eigenvalue weighted by Crippen LogP contribution is -2.29. The van der Waals surface area contributed by atoms with Gasteiger partial charge in [0, 0.05) is 13.1 Å². The Morgan fingerprint density at radius 3 is 2.26 bits per heavy atom. The fraction of sp³-hybridized carbons (Fsp3) is 0.625. The van der Waals surface area contributed by atoms with E-state index in [9.17, 15) is 5.11 Å². The molecule has 0 radical (unpaired) electrons. The number of rotatable bonds is 7. The van der Waals surface area contributed by atoms with E-state index in [-0.39, 0.29) is 0 Å². The van der Waals surface area contributed by atoms with Crippen molar-refractivity contribution in [2.75, 3.05) is 18.0 Å². The molecule has 0 saturated carbocycles. The normalized spacial score (nSPS) is 12.8. The Morgan fingerprint density at radius 1 is 1.21 bits per heavy atom. The van der Waals surface area contributed by atoms with E-state index in [0.717, 1.165) is 29.4 Å². The molecule has 19 heavy (non-hydrogen) atoms. The van der Waals surface area contributed by atoms with Gasteiger partial charge in [-0.25, -0.2) is 0 Å². The number of aliphatic hydroxyl groups excluding tert-OH is 1. The molecule has 0 aliphatic heterocycles. The van der Waals surface area contributed by atoms with Gasteiger partial charge in [0.15, 0.2) is 0 Å². The summed E-state index contributed by atoms with van der Waals surface area (Å²) in [6, 6.07) is 5.86. The Morgan fingerprint density at radius 2 is 1.84 bits per heavy atom. The zero-order chi connectivity index (χ0) is 14.4. The van der Waals surface area contributed by atoms with Crippen molar-refractivity contribution in [3.63, 3.8) is 0 Å². The summed E-state index contributed by atoms with van der Waals surface area (Å²) < 4.78 is 0. The Labute approximate surface area is 122 Å². The minimum absolute atomic E-state index is 0.472. The maximum absolute atomic E-state index is 9.58. The third kappa shape index (κ3) is 4.39. The highest BCUT2D eigenvalue weighted by molar-refractivity contribution is 6.33. The van der Waals surface area contributed by atoms with Crippen molar-refractivity contribution in [2.24, 2.45) is 5.92 Å². The van der Waals surface area contributed by atoms with E-state index in [1.54, 1.807) is 6.92 Å². The van der Waals surface area contributed by atoms with Crippen molar-refractivity contribution in [3.8, 4) is 0 Å². The molecular formula is C16H26ClNO. The van der Waals surface area contributed by atoms with Gasteiger partial charge >= 0.3 is 0 Å². The van der Waals surface area contributed by atoms with Gasteiger partial charge in [0.05, 0.1) is 16.8 Å². The molecule has 2 nitrogen and oxygen atoms in total. The molecule has 0 aliphatic carbocycles. The summed E-state index contributed by atoms with van der Waals surface area (Å²) in [6.07, 6.45) is 1.91. The quantitative estimate of drug-likeness (QED) is 0.787. The van der Waals surface area contributed by atoms with Gasteiger partial charge in [-0.15, -0.1) is 0 Å². The summed E-state index contributed by atoms with van der Waals surface area (Å²) in [5.74, 6) is 0.701. The van der Waals surface area contributed by atoms with Crippen molar-refractivity contribution in [1.29, 1.82) is 0 Å². The van der Waals surface area contributed by atoms with E-state index in [0.29, 0.717) is 5.92 Å². The van der Waals surface area contributed by atoms with Gasteiger partial charge in [0.25, 0.3) is 0 Å². The Kier molecular flexibility index (Phi) is 6.67. The Bertz CT molecular complexity index is 388. The zero-order valence-corrected chi connectivity index (χ0v) is 13.2. The highest BCUT2D eigenvalue weighted by Crippen LogP contribution is 2.30. The molecule has 1 aromatic carbocycles. The van der Waals surface area contributed by atoms with E-state index in [1.807, 2.05) is 18.2 Å². The molecule has 0 saturated heterocycles. The average Bonchev–Trinajstić information content (AvgIpc) is 2.41. The lowest BCUT2D eigenvalue weighted by molar-refractivity contribution is 0.199. The second-order valence-electron chi connectivity index (χ2n) is 5.11. The van der Waals surface area contributed by atoms with Crippen LogP contribution in [0.15, 0.2) is 18.2 Å². The second-order valence-corrected chi connectivity index (χ2v) is 5.52. The number of anilines is 1. The van der Waals surface area contributed by atoms with Crippen molar-refractivity contribution in [2.45, 2.75) is 46.6 Å². The van der Waals surface area contributed by atoms with Crippen molar-refractivity contribution < 1.29 is 5.11 Å². The van der Waals surface area contributed by atoms with Crippen LogP contribution in [-0.2, 0) is 0 Å². The number of hydrogen-bond acceptors (Lipinski definition) is 2. The second kappa shape index (κ2) is 7.76. The fourth-order valence-electron chi connectivity index (χ4n) is 2.30. The van der Waals surface area contributed by atoms with Crippen LogP contribution in [0.25, 0.3) is 0 Å². The van der Waals surface area contributed by atoms with E-state index in [4.69, 9.17) is 11.6 Å². The first-order valence-corrected chi connectivity index (χ1v) is 7.63. The first-order chi connectivity index (χ1) is 9.03. The minimum atomic E-state index is -0.472. The van der Waals surface area contributed by atoms with Crippen LogP contribution < -0.4 is 4.90 Å². The fourth-order valence-corrected chi connectivity index (χ4v) is 2.60. The van der Waals surface area contributed by atoms with Gasteiger partial charge in [-0.2, -0.15) is 0 Å². The average molecular weight is 284 g/mol. The molecule has 1 rings (SSSR count). The smallest absolute Gasteiger partial charge is 0.0762 e. The molecule has 0 fully saturated rings. The van der Waals surface area contributed by atoms with Crippen LogP contribution in [0.2, 0.25) is 5.02 Å². The SMILES string of the molecule is CCC(CC)CN(CC)c1ccc([C@H](C)O)cc1Cl. The van der Waals surface area contributed by atoms with E-state index in [2.05, 4.69) is 25.7 Å². The molecule has 0 unspecified atom stereocenters.